The molecule has 0 fully saturated rings. The first-order valence-electron chi connectivity index (χ1n) is 10.3. The Morgan fingerprint density at radius 3 is 2.77 bits per heavy atom. The third-order valence-electron chi connectivity index (χ3n) is 4.97. The van der Waals surface area contributed by atoms with Crippen molar-refractivity contribution in [1.29, 1.82) is 0 Å². The van der Waals surface area contributed by atoms with Crippen LogP contribution in [0, 0.1) is 0 Å². The molecular weight excluding hydrogens is 414 g/mol. The zero-order chi connectivity index (χ0) is 22.0. The molecule has 0 unspecified atom stereocenters. The van der Waals surface area contributed by atoms with Gasteiger partial charge in [-0.25, -0.2) is 4.68 Å². The van der Waals surface area contributed by atoms with Crippen LogP contribution in [0.1, 0.15) is 39.7 Å². The van der Waals surface area contributed by atoms with Crippen LogP contribution in [0.5, 0.6) is 0 Å². The minimum Gasteiger partial charge on any atom is -0.310 e. The zero-order valence-corrected chi connectivity index (χ0v) is 18.6. The first kappa shape index (κ1) is 21.1. The monoisotopic (exact) mass is 439 g/mol. The molecule has 0 saturated carbocycles. The molecule has 3 heterocycles. The molecule has 162 valence electrons. The van der Waals surface area contributed by atoms with Gasteiger partial charge in [-0.15, -0.1) is 10.2 Å². The van der Waals surface area contributed by atoms with Crippen LogP contribution in [0.25, 0.3) is 16.7 Å². The van der Waals surface area contributed by atoms with Crippen LogP contribution in [0.3, 0.4) is 0 Å². The highest BCUT2D eigenvalue weighted by atomic mass is 32.2. The third-order valence-corrected chi connectivity index (χ3v) is 5.90. The van der Waals surface area contributed by atoms with Crippen molar-refractivity contribution in [3.8, 4) is 0 Å². The molecule has 1 aromatic carbocycles. The van der Waals surface area contributed by atoms with Gasteiger partial charge in [0.25, 0.3) is 5.56 Å². The highest BCUT2D eigenvalue weighted by Crippen LogP contribution is 2.22. The number of para-hydroxylation sites is 1. The van der Waals surface area contributed by atoms with Gasteiger partial charge in [0, 0.05) is 18.7 Å². The van der Waals surface area contributed by atoms with Gasteiger partial charge in [0.2, 0.25) is 11.7 Å². The number of anilines is 1. The number of unbranched alkanes of at least 4 members (excludes halogenated alkanes) is 1. The summed E-state index contributed by atoms with van der Waals surface area (Å²) in [4.78, 5) is 25.5. The largest absolute Gasteiger partial charge is 0.310 e. The molecule has 3 aromatic heterocycles. The number of rotatable bonds is 8. The summed E-state index contributed by atoms with van der Waals surface area (Å²) in [5, 5.41) is 16.9. The summed E-state index contributed by atoms with van der Waals surface area (Å²) in [6.45, 7) is 6.66. The van der Waals surface area contributed by atoms with Gasteiger partial charge in [-0.1, -0.05) is 37.2 Å². The van der Waals surface area contributed by atoms with Gasteiger partial charge >= 0.3 is 0 Å². The van der Waals surface area contributed by atoms with E-state index in [9.17, 15) is 9.59 Å². The number of aromatic nitrogens is 6. The highest BCUT2D eigenvalue weighted by molar-refractivity contribution is 7.99. The lowest BCUT2D eigenvalue weighted by atomic mass is 10.2. The lowest BCUT2D eigenvalue weighted by Crippen LogP contribution is -2.23. The molecule has 31 heavy (non-hydrogen) atoms. The van der Waals surface area contributed by atoms with Crippen molar-refractivity contribution in [1.82, 2.24) is 28.9 Å². The standard InChI is InChI=1S/C21H25N7O2S/c1-4-5-12-26-19(30)15-8-6-7-9-16(15)27-20(26)24-25-21(27)31-13-18(29)23-17-10-11-22-28(17)14(2)3/h6-11,14H,4-5,12-13H2,1-3H3,(H,23,29). The van der Waals surface area contributed by atoms with Gasteiger partial charge in [0.15, 0.2) is 5.16 Å². The number of carbonyl (C=O) groups is 1. The van der Waals surface area contributed by atoms with E-state index in [4.69, 9.17) is 0 Å². The Hall–Kier alpha value is -3.14. The van der Waals surface area contributed by atoms with E-state index < -0.39 is 0 Å². The molecule has 0 aliphatic rings. The topological polar surface area (TPSA) is 99.1 Å². The zero-order valence-electron chi connectivity index (χ0n) is 17.8. The first-order valence-corrected chi connectivity index (χ1v) is 11.3. The Bertz CT molecular complexity index is 1290. The van der Waals surface area contributed by atoms with Crippen LogP contribution in [0.15, 0.2) is 46.5 Å². The van der Waals surface area contributed by atoms with Crippen LogP contribution in [-0.4, -0.2) is 40.6 Å². The van der Waals surface area contributed by atoms with Crippen molar-refractivity contribution in [2.75, 3.05) is 11.1 Å². The lowest BCUT2D eigenvalue weighted by molar-refractivity contribution is -0.113. The number of nitrogens with zero attached hydrogens (tertiary/aromatic N) is 6. The molecule has 1 N–H and O–H groups in total. The van der Waals surface area contributed by atoms with E-state index in [2.05, 4.69) is 27.5 Å². The lowest BCUT2D eigenvalue weighted by Gasteiger charge is -2.12. The average molecular weight is 440 g/mol. The van der Waals surface area contributed by atoms with Crippen LogP contribution < -0.4 is 10.9 Å². The second kappa shape index (κ2) is 8.93. The van der Waals surface area contributed by atoms with E-state index in [1.807, 2.05) is 42.5 Å². The molecule has 0 bridgehead atoms. The van der Waals surface area contributed by atoms with E-state index in [1.54, 1.807) is 21.5 Å². The minimum atomic E-state index is -0.159. The van der Waals surface area contributed by atoms with Gasteiger partial charge in [0.05, 0.1) is 22.9 Å². The smallest absolute Gasteiger partial charge is 0.262 e. The summed E-state index contributed by atoms with van der Waals surface area (Å²) in [6.07, 6.45) is 3.50. The fourth-order valence-electron chi connectivity index (χ4n) is 3.48. The number of benzene rings is 1. The highest BCUT2D eigenvalue weighted by Gasteiger charge is 2.18. The number of aryl methyl sites for hydroxylation is 1. The second-order valence-corrected chi connectivity index (χ2v) is 8.48. The molecule has 0 atom stereocenters. The Kier molecular flexibility index (Phi) is 6.08. The molecule has 9 nitrogen and oxygen atoms in total. The Labute approximate surface area is 183 Å². The summed E-state index contributed by atoms with van der Waals surface area (Å²) < 4.78 is 5.29. The molecule has 0 aliphatic carbocycles. The maximum Gasteiger partial charge on any atom is 0.262 e. The second-order valence-electron chi connectivity index (χ2n) is 7.54. The minimum absolute atomic E-state index is 0.0693. The SMILES string of the molecule is CCCCn1c(=O)c2ccccc2n2c(SCC(=O)Nc3ccnn3C(C)C)nnc12. The molecule has 0 saturated heterocycles. The van der Waals surface area contributed by atoms with E-state index in [-0.39, 0.29) is 23.3 Å². The average Bonchev–Trinajstić information content (AvgIpc) is 3.39. The fourth-order valence-corrected chi connectivity index (χ4v) is 4.22. The molecule has 0 radical (unpaired) electrons. The van der Waals surface area contributed by atoms with Crippen molar-refractivity contribution in [2.45, 2.75) is 51.4 Å². The molecule has 4 aromatic rings. The number of carbonyl (C=O) groups excluding carboxylic acids is 1. The van der Waals surface area contributed by atoms with Crippen molar-refractivity contribution >= 4 is 40.2 Å². The van der Waals surface area contributed by atoms with Crippen molar-refractivity contribution in [3.05, 3.63) is 46.9 Å². The summed E-state index contributed by atoms with van der Waals surface area (Å²) in [7, 11) is 0. The predicted molar refractivity (Wildman–Crippen MR) is 122 cm³/mol. The fraction of sp³-hybridized carbons (Fsp3) is 0.381. The summed E-state index contributed by atoms with van der Waals surface area (Å²) in [6, 6.07) is 9.34. The number of fused-ring (bicyclic) bond motifs is 3. The van der Waals surface area contributed by atoms with Gasteiger partial charge in [-0.05, 0) is 32.4 Å². The Morgan fingerprint density at radius 1 is 1.19 bits per heavy atom. The number of amides is 1. The van der Waals surface area contributed by atoms with Gasteiger partial charge in [-0.2, -0.15) is 5.10 Å². The van der Waals surface area contributed by atoms with Gasteiger partial charge in [-0.3, -0.25) is 18.6 Å². The molecule has 10 heteroatoms. The summed E-state index contributed by atoms with van der Waals surface area (Å²) in [5.74, 6) is 1.16. The van der Waals surface area contributed by atoms with E-state index in [1.165, 1.54) is 11.8 Å². The van der Waals surface area contributed by atoms with E-state index >= 15 is 0 Å². The summed E-state index contributed by atoms with van der Waals surface area (Å²) >= 11 is 1.29. The van der Waals surface area contributed by atoms with Crippen molar-refractivity contribution < 1.29 is 4.79 Å². The number of thioether (sulfide) groups is 1. The third kappa shape index (κ3) is 4.07. The number of nitrogens with one attached hydrogen (secondary N) is 1. The maximum absolute atomic E-state index is 13.0. The van der Waals surface area contributed by atoms with Crippen LogP contribution in [0.4, 0.5) is 5.82 Å². The van der Waals surface area contributed by atoms with Gasteiger partial charge in [0.1, 0.15) is 5.82 Å². The first-order chi connectivity index (χ1) is 15.0. The molecular formula is C21H25N7O2S. The molecule has 1 amide bonds. The van der Waals surface area contributed by atoms with Crippen LogP contribution >= 0.6 is 11.8 Å². The van der Waals surface area contributed by atoms with E-state index in [0.717, 1.165) is 18.4 Å². The molecule has 0 aliphatic heterocycles. The summed E-state index contributed by atoms with van der Waals surface area (Å²) in [5.41, 5.74) is 0.668. The maximum atomic E-state index is 13.0. The van der Waals surface area contributed by atoms with E-state index in [0.29, 0.717) is 28.7 Å². The Balaban J connectivity index is 1.64. The normalized spacial score (nSPS) is 11.6. The van der Waals surface area contributed by atoms with Crippen LogP contribution in [-0.2, 0) is 11.3 Å². The van der Waals surface area contributed by atoms with Crippen molar-refractivity contribution in [3.63, 3.8) is 0 Å². The van der Waals surface area contributed by atoms with Crippen molar-refractivity contribution in [2.24, 2.45) is 0 Å². The predicted octanol–water partition coefficient (Wildman–Crippen LogP) is 3.35. The molecule has 4 rings (SSSR count). The van der Waals surface area contributed by atoms with Crippen LogP contribution in [0.2, 0.25) is 0 Å². The number of hydrogen-bond acceptors (Lipinski definition) is 6. The number of hydrogen-bond donors (Lipinski definition) is 1. The van der Waals surface area contributed by atoms with Gasteiger partial charge < -0.3 is 5.32 Å². The molecule has 0 spiro atoms. The quantitative estimate of drug-likeness (QED) is 0.423. The Morgan fingerprint density at radius 2 is 2.00 bits per heavy atom.